The molecule has 0 aliphatic carbocycles. The molecule has 6 nitrogen and oxygen atoms in total. The van der Waals surface area contributed by atoms with Gasteiger partial charge in [-0.2, -0.15) is 4.31 Å². The summed E-state index contributed by atoms with van der Waals surface area (Å²) in [4.78, 5) is 11.7. The monoisotopic (exact) mass is 312 g/mol. The summed E-state index contributed by atoms with van der Waals surface area (Å²) in [6, 6.07) is 5.94. The van der Waals surface area contributed by atoms with Crippen LogP contribution in [0.3, 0.4) is 0 Å². The van der Waals surface area contributed by atoms with E-state index in [1.54, 1.807) is 19.2 Å². The minimum atomic E-state index is -3.59. The summed E-state index contributed by atoms with van der Waals surface area (Å²) in [7, 11) is -0.511. The Hall–Kier alpha value is -1.44. The first kappa shape index (κ1) is 15.9. The van der Waals surface area contributed by atoms with Gasteiger partial charge in [0.25, 0.3) is 0 Å². The molecule has 1 fully saturated rings. The Labute approximate surface area is 125 Å². The van der Waals surface area contributed by atoms with Crippen LogP contribution in [0, 0.1) is 0 Å². The van der Waals surface area contributed by atoms with Gasteiger partial charge in [-0.1, -0.05) is 6.07 Å². The molecule has 1 aromatic carbocycles. The van der Waals surface area contributed by atoms with Crippen LogP contribution in [-0.2, 0) is 14.8 Å². The fourth-order valence-corrected chi connectivity index (χ4v) is 4.34. The van der Waals surface area contributed by atoms with Gasteiger partial charge in [-0.25, -0.2) is 13.2 Å². The third-order valence-corrected chi connectivity index (χ3v) is 5.57. The molecule has 0 amide bonds. The first-order chi connectivity index (χ1) is 10.0. The minimum absolute atomic E-state index is 0.0400. The molecule has 0 aromatic heterocycles. The van der Waals surface area contributed by atoms with E-state index in [-0.39, 0.29) is 16.5 Å². The second-order valence-electron chi connectivity index (χ2n) is 4.99. The summed E-state index contributed by atoms with van der Waals surface area (Å²) in [5.74, 6) is -0.541. The van der Waals surface area contributed by atoms with Gasteiger partial charge in [0.2, 0.25) is 10.0 Å². The number of rotatable bonds is 5. The van der Waals surface area contributed by atoms with Crippen LogP contribution in [0.2, 0.25) is 0 Å². The number of nitrogens with one attached hydrogen (secondary N) is 1. The summed E-state index contributed by atoms with van der Waals surface area (Å²) in [5.41, 5.74) is 0.239. The zero-order valence-corrected chi connectivity index (χ0v) is 13.0. The molecule has 0 radical (unpaired) electrons. The number of ether oxygens (including phenoxy) is 1. The van der Waals surface area contributed by atoms with Crippen LogP contribution in [0.4, 0.5) is 0 Å². The van der Waals surface area contributed by atoms with Crippen LogP contribution in [0.1, 0.15) is 23.2 Å². The lowest BCUT2D eigenvalue weighted by Gasteiger charge is -2.24. The third kappa shape index (κ3) is 3.25. The fourth-order valence-electron chi connectivity index (χ4n) is 2.60. The average Bonchev–Trinajstić information content (AvgIpc) is 2.96. The smallest absolute Gasteiger partial charge is 0.337 e. The van der Waals surface area contributed by atoms with Crippen LogP contribution in [-0.4, -0.2) is 52.0 Å². The van der Waals surface area contributed by atoms with Gasteiger partial charge in [0.15, 0.2) is 0 Å². The van der Waals surface area contributed by atoms with Gasteiger partial charge >= 0.3 is 5.97 Å². The number of carbonyl (C=O) groups is 1. The summed E-state index contributed by atoms with van der Waals surface area (Å²) in [6.07, 6.45) is 1.69. The van der Waals surface area contributed by atoms with Crippen LogP contribution in [0.25, 0.3) is 0 Å². The van der Waals surface area contributed by atoms with Crippen molar-refractivity contribution in [1.29, 1.82) is 0 Å². The molecule has 1 aromatic rings. The molecule has 1 heterocycles. The zero-order valence-electron chi connectivity index (χ0n) is 12.2. The van der Waals surface area contributed by atoms with E-state index >= 15 is 0 Å². The number of hydrogen-bond acceptors (Lipinski definition) is 5. The molecule has 1 unspecified atom stereocenters. The quantitative estimate of drug-likeness (QED) is 0.816. The van der Waals surface area contributed by atoms with Gasteiger partial charge in [-0.15, -0.1) is 0 Å². The Balaban J connectivity index is 2.33. The number of hydrogen-bond donors (Lipinski definition) is 1. The van der Waals surface area contributed by atoms with Crippen molar-refractivity contribution in [2.75, 3.05) is 27.2 Å². The summed E-state index contributed by atoms with van der Waals surface area (Å²) < 4.78 is 31.6. The molecule has 0 saturated carbocycles. The minimum Gasteiger partial charge on any atom is -0.465 e. The lowest BCUT2D eigenvalue weighted by Crippen LogP contribution is -2.40. The number of benzene rings is 1. The van der Waals surface area contributed by atoms with Crippen molar-refractivity contribution in [2.45, 2.75) is 23.8 Å². The number of likely N-dealkylation sites (N-methyl/N-ethyl adjacent to an activating group) is 1. The highest BCUT2D eigenvalue weighted by molar-refractivity contribution is 7.89. The van der Waals surface area contributed by atoms with Crippen molar-refractivity contribution < 1.29 is 17.9 Å². The second-order valence-corrected chi connectivity index (χ2v) is 6.88. The molecular weight excluding hydrogens is 292 g/mol. The molecule has 2 rings (SSSR count). The maximum Gasteiger partial charge on any atom is 0.337 e. The molecule has 0 spiro atoms. The zero-order chi connectivity index (χ0) is 15.5. The van der Waals surface area contributed by atoms with E-state index in [1.807, 2.05) is 0 Å². The normalized spacial score (nSPS) is 19.6. The molecule has 0 bridgehead atoms. The van der Waals surface area contributed by atoms with Gasteiger partial charge < -0.3 is 10.1 Å². The van der Waals surface area contributed by atoms with Gasteiger partial charge in [0.05, 0.1) is 17.6 Å². The molecule has 116 valence electrons. The van der Waals surface area contributed by atoms with Crippen LogP contribution in [0.15, 0.2) is 29.2 Å². The van der Waals surface area contributed by atoms with Crippen molar-refractivity contribution in [3.63, 3.8) is 0 Å². The van der Waals surface area contributed by atoms with E-state index in [9.17, 15) is 13.2 Å². The van der Waals surface area contributed by atoms with Gasteiger partial charge in [-0.3, -0.25) is 0 Å². The average molecular weight is 312 g/mol. The van der Waals surface area contributed by atoms with E-state index in [4.69, 9.17) is 0 Å². The maximum absolute atomic E-state index is 12.7. The van der Waals surface area contributed by atoms with E-state index in [0.29, 0.717) is 13.1 Å². The Morgan fingerprint density at radius 3 is 2.90 bits per heavy atom. The van der Waals surface area contributed by atoms with Gasteiger partial charge in [-0.05, 0) is 38.1 Å². The van der Waals surface area contributed by atoms with Crippen LogP contribution >= 0.6 is 0 Å². The molecule has 1 aliphatic rings. The SMILES string of the molecule is CNCC1CCCN1S(=O)(=O)c1cccc(C(=O)OC)c1. The molecule has 7 heteroatoms. The van der Waals surface area contributed by atoms with Gasteiger partial charge in [0.1, 0.15) is 0 Å². The topological polar surface area (TPSA) is 75.7 Å². The van der Waals surface area contributed by atoms with E-state index in [1.165, 1.54) is 23.5 Å². The number of carbonyl (C=O) groups excluding carboxylic acids is 1. The van der Waals surface area contributed by atoms with Crippen molar-refractivity contribution in [3.05, 3.63) is 29.8 Å². The van der Waals surface area contributed by atoms with Crippen LogP contribution in [0.5, 0.6) is 0 Å². The first-order valence-electron chi connectivity index (χ1n) is 6.85. The maximum atomic E-state index is 12.7. The number of nitrogens with zero attached hydrogens (tertiary/aromatic N) is 1. The van der Waals surface area contributed by atoms with Crippen LogP contribution < -0.4 is 5.32 Å². The van der Waals surface area contributed by atoms with Crippen molar-refractivity contribution in [1.82, 2.24) is 9.62 Å². The van der Waals surface area contributed by atoms with Gasteiger partial charge in [0, 0.05) is 19.1 Å². The summed E-state index contributed by atoms with van der Waals surface area (Å²) >= 11 is 0. The van der Waals surface area contributed by atoms with E-state index < -0.39 is 16.0 Å². The molecular formula is C14H20N2O4S. The van der Waals surface area contributed by atoms with E-state index in [2.05, 4.69) is 10.1 Å². The fraction of sp³-hybridized carbons (Fsp3) is 0.500. The van der Waals surface area contributed by atoms with Crippen molar-refractivity contribution in [3.8, 4) is 0 Å². The predicted molar refractivity (Wildman–Crippen MR) is 78.6 cm³/mol. The highest BCUT2D eigenvalue weighted by atomic mass is 32.2. The summed E-state index contributed by atoms with van der Waals surface area (Å²) in [6.45, 7) is 1.13. The molecule has 1 aliphatic heterocycles. The highest BCUT2D eigenvalue weighted by Crippen LogP contribution is 2.26. The molecule has 1 atom stereocenters. The number of methoxy groups -OCH3 is 1. The van der Waals surface area contributed by atoms with Crippen molar-refractivity contribution >= 4 is 16.0 Å². The largest absolute Gasteiger partial charge is 0.465 e. The Morgan fingerprint density at radius 2 is 2.24 bits per heavy atom. The number of sulfonamides is 1. The van der Waals surface area contributed by atoms with E-state index in [0.717, 1.165) is 12.8 Å². The molecule has 1 saturated heterocycles. The first-order valence-corrected chi connectivity index (χ1v) is 8.29. The standard InChI is InChI=1S/C14H20N2O4S/c1-15-10-12-6-4-8-16(12)21(18,19)13-7-3-5-11(9-13)14(17)20-2/h3,5,7,9,12,15H,4,6,8,10H2,1-2H3. The predicted octanol–water partition coefficient (Wildman–Crippen LogP) is 0.846. The molecule has 21 heavy (non-hydrogen) atoms. The Morgan fingerprint density at radius 1 is 1.48 bits per heavy atom. The molecule has 1 N–H and O–H groups in total. The summed E-state index contributed by atoms with van der Waals surface area (Å²) in [5, 5.41) is 3.02. The third-order valence-electron chi connectivity index (χ3n) is 3.62. The highest BCUT2D eigenvalue weighted by Gasteiger charge is 2.35. The second kappa shape index (κ2) is 6.55. The van der Waals surface area contributed by atoms with Crippen molar-refractivity contribution in [2.24, 2.45) is 0 Å². The number of esters is 1. The Kier molecular flexibility index (Phi) is 4.97. The lowest BCUT2D eigenvalue weighted by atomic mass is 10.2. The Bertz CT molecular complexity index is 615. The lowest BCUT2D eigenvalue weighted by molar-refractivity contribution is 0.0600.